The summed E-state index contributed by atoms with van der Waals surface area (Å²) in [6, 6.07) is 7.61. The highest BCUT2D eigenvalue weighted by atomic mass is 32.2. The summed E-state index contributed by atoms with van der Waals surface area (Å²) in [5, 5.41) is 10.2. The molecule has 1 aromatic carbocycles. The van der Waals surface area contributed by atoms with E-state index in [-0.39, 0.29) is 5.56 Å². The maximum Gasteiger partial charge on any atom is 0.262 e. The Morgan fingerprint density at radius 3 is 2.82 bits per heavy atom. The van der Waals surface area contributed by atoms with Crippen molar-refractivity contribution in [3.8, 4) is 0 Å². The number of methoxy groups -OCH3 is 1. The first-order chi connectivity index (χ1) is 13.7. The fourth-order valence-corrected chi connectivity index (χ4v) is 4.15. The van der Waals surface area contributed by atoms with Crippen molar-refractivity contribution in [1.82, 2.24) is 28.7 Å². The van der Waals surface area contributed by atoms with Crippen LogP contribution in [0.5, 0.6) is 0 Å². The van der Waals surface area contributed by atoms with E-state index in [1.54, 1.807) is 29.6 Å². The summed E-state index contributed by atoms with van der Waals surface area (Å²) in [5.41, 5.74) is 0.786. The van der Waals surface area contributed by atoms with Gasteiger partial charge in [-0.25, -0.2) is 4.98 Å². The number of benzene rings is 1. The van der Waals surface area contributed by atoms with Gasteiger partial charge in [-0.2, -0.15) is 0 Å². The maximum atomic E-state index is 13.0. The molecule has 9 heteroatoms. The summed E-state index contributed by atoms with van der Waals surface area (Å²) in [5.74, 6) is 2.39. The molecule has 0 saturated carbocycles. The van der Waals surface area contributed by atoms with Gasteiger partial charge in [0.1, 0.15) is 5.82 Å². The number of rotatable bonds is 8. The van der Waals surface area contributed by atoms with Crippen molar-refractivity contribution >= 4 is 28.4 Å². The van der Waals surface area contributed by atoms with Gasteiger partial charge in [-0.15, -0.1) is 10.2 Å². The minimum Gasteiger partial charge on any atom is -0.385 e. The molecule has 0 amide bonds. The van der Waals surface area contributed by atoms with E-state index in [9.17, 15) is 4.79 Å². The first-order valence-electron chi connectivity index (χ1n) is 9.17. The van der Waals surface area contributed by atoms with E-state index in [1.165, 1.54) is 0 Å². The Kier molecular flexibility index (Phi) is 5.45. The highest BCUT2D eigenvalue weighted by Gasteiger charge is 2.16. The molecule has 0 N–H and O–H groups in total. The molecule has 3 aromatic heterocycles. The van der Waals surface area contributed by atoms with Crippen LogP contribution in [0.2, 0.25) is 0 Å². The van der Waals surface area contributed by atoms with Crippen molar-refractivity contribution in [1.29, 1.82) is 0 Å². The Hall–Kier alpha value is -2.65. The molecule has 0 aliphatic rings. The van der Waals surface area contributed by atoms with Gasteiger partial charge < -0.3 is 9.30 Å². The Bertz CT molecular complexity index is 1160. The van der Waals surface area contributed by atoms with Crippen LogP contribution < -0.4 is 5.56 Å². The molecule has 0 bridgehead atoms. The van der Waals surface area contributed by atoms with E-state index >= 15 is 0 Å². The van der Waals surface area contributed by atoms with Gasteiger partial charge in [0.05, 0.1) is 10.9 Å². The predicted molar refractivity (Wildman–Crippen MR) is 109 cm³/mol. The van der Waals surface area contributed by atoms with Crippen LogP contribution in [0.3, 0.4) is 0 Å². The third-order valence-electron chi connectivity index (χ3n) is 4.70. The molecule has 0 radical (unpaired) electrons. The lowest BCUT2D eigenvalue weighted by Gasteiger charge is -2.11. The summed E-state index contributed by atoms with van der Waals surface area (Å²) >= 11 is 1.62. The topological polar surface area (TPSA) is 79.2 Å². The molecule has 4 rings (SSSR count). The van der Waals surface area contributed by atoms with Crippen molar-refractivity contribution in [3.63, 3.8) is 0 Å². The normalized spacial score (nSPS) is 11.6. The molecule has 0 aliphatic heterocycles. The number of nitrogens with zero attached hydrogens (tertiary/aromatic N) is 6. The zero-order chi connectivity index (χ0) is 19.5. The quantitative estimate of drug-likeness (QED) is 0.335. The van der Waals surface area contributed by atoms with Crippen LogP contribution in [0.25, 0.3) is 16.7 Å². The van der Waals surface area contributed by atoms with E-state index in [0.717, 1.165) is 35.2 Å². The molecule has 0 spiro atoms. The average molecular weight is 398 g/mol. The molecule has 28 heavy (non-hydrogen) atoms. The predicted octanol–water partition coefficient (Wildman–Crippen LogP) is 2.38. The molecule has 0 fully saturated rings. The van der Waals surface area contributed by atoms with E-state index < -0.39 is 0 Å². The molecule has 4 aromatic rings. The summed E-state index contributed by atoms with van der Waals surface area (Å²) in [6.45, 7) is 3.95. The van der Waals surface area contributed by atoms with Gasteiger partial charge >= 0.3 is 0 Å². The van der Waals surface area contributed by atoms with Gasteiger partial charge in [0.2, 0.25) is 5.78 Å². The molecule has 146 valence electrons. The fraction of sp³-hybridized carbons (Fsp3) is 0.368. The minimum atomic E-state index is -0.0443. The Morgan fingerprint density at radius 2 is 2.04 bits per heavy atom. The lowest BCUT2D eigenvalue weighted by molar-refractivity contribution is 0.190. The molecular formula is C19H22N6O2S. The van der Waals surface area contributed by atoms with E-state index in [1.807, 2.05) is 41.8 Å². The number of imidazole rings is 1. The van der Waals surface area contributed by atoms with Crippen molar-refractivity contribution in [2.45, 2.75) is 31.6 Å². The van der Waals surface area contributed by atoms with Crippen molar-refractivity contribution in [3.05, 3.63) is 52.8 Å². The molecule has 0 atom stereocenters. The third-order valence-corrected chi connectivity index (χ3v) is 5.60. The second-order valence-corrected chi connectivity index (χ2v) is 7.52. The average Bonchev–Trinajstić information content (AvgIpc) is 3.31. The molecule has 0 unspecified atom stereocenters. The van der Waals surface area contributed by atoms with Gasteiger partial charge in [0, 0.05) is 45.0 Å². The van der Waals surface area contributed by atoms with Crippen LogP contribution in [-0.2, 0) is 17.8 Å². The van der Waals surface area contributed by atoms with Gasteiger partial charge in [-0.05, 0) is 25.5 Å². The smallest absolute Gasteiger partial charge is 0.262 e. The zero-order valence-electron chi connectivity index (χ0n) is 15.9. The minimum absolute atomic E-state index is 0.0443. The largest absolute Gasteiger partial charge is 0.385 e. The van der Waals surface area contributed by atoms with Crippen LogP contribution in [0, 0.1) is 6.92 Å². The van der Waals surface area contributed by atoms with Gasteiger partial charge in [-0.3, -0.25) is 13.8 Å². The first-order valence-corrected chi connectivity index (χ1v) is 10.2. The van der Waals surface area contributed by atoms with Crippen molar-refractivity contribution < 1.29 is 4.74 Å². The summed E-state index contributed by atoms with van der Waals surface area (Å²) in [4.78, 5) is 17.2. The zero-order valence-corrected chi connectivity index (χ0v) is 16.7. The third kappa shape index (κ3) is 3.43. The number of hydrogen-bond acceptors (Lipinski definition) is 6. The molecule has 3 heterocycles. The fourth-order valence-electron chi connectivity index (χ4n) is 3.27. The SMILES string of the molecule is COCCCn1c(=O)c2ccccc2n2c(SCCn3ccnc3C)nnc12. The van der Waals surface area contributed by atoms with Crippen LogP contribution >= 0.6 is 11.8 Å². The van der Waals surface area contributed by atoms with Crippen LogP contribution in [0.15, 0.2) is 46.6 Å². The number of ether oxygens (including phenoxy) is 1. The summed E-state index contributed by atoms with van der Waals surface area (Å²) < 4.78 is 10.9. The van der Waals surface area contributed by atoms with Crippen molar-refractivity contribution in [2.75, 3.05) is 19.5 Å². The molecule has 8 nitrogen and oxygen atoms in total. The van der Waals surface area contributed by atoms with Crippen LogP contribution in [0.1, 0.15) is 12.2 Å². The van der Waals surface area contributed by atoms with E-state index in [4.69, 9.17) is 4.74 Å². The lowest BCUT2D eigenvalue weighted by Crippen LogP contribution is -2.24. The second-order valence-electron chi connectivity index (χ2n) is 6.45. The number of para-hydroxylation sites is 1. The van der Waals surface area contributed by atoms with E-state index in [0.29, 0.717) is 24.3 Å². The van der Waals surface area contributed by atoms with Gasteiger partial charge in [-0.1, -0.05) is 23.9 Å². The summed E-state index contributed by atoms with van der Waals surface area (Å²) in [6.07, 6.45) is 4.51. The van der Waals surface area contributed by atoms with E-state index in [2.05, 4.69) is 19.7 Å². The second kappa shape index (κ2) is 8.15. The van der Waals surface area contributed by atoms with Crippen LogP contribution in [0.4, 0.5) is 0 Å². The monoisotopic (exact) mass is 398 g/mol. The highest BCUT2D eigenvalue weighted by Crippen LogP contribution is 2.22. The molecule has 0 saturated heterocycles. The Labute approximate surface area is 166 Å². The van der Waals surface area contributed by atoms with Crippen LogP contribution in [-0.4, -0.2) is 48.2 Å². The standard InChI is InChI=1S/C19H22N6O2S/c1-14-20-8-10-23(14)11-13-28-19-22-21-18-24(9-5-12-27-2)17(26)15-6-3-4-7-16(15)25(18)19/h3-4,6-8,10H,5,9,11-13H2,1-2H3. The molecule has 0 aliphatic carbocycles. The van der Waals surface area contributed by atoms with Gasteiger partial charge in [0.25, 0.3) is 5.56 Å². The maximum absolute atomic E-state index is 13.0. The number of fused-ring (bicyclic) bond motifs is 3. The van der Waals surface area contributed by atoms with Crippen molar-refractivity contribution in [2.24, 2.45) is 0 Å². The number of thioether (sulfide) groups is 1. The molecular weight excluding hydrogens is 376 g/mol. The Morgan fingerprint density at radius 1 is 1.18 bits per heavy atom. The Balaban J connectivity index is 1.72. The summed E-state index contributed by atoms with van der Waals surface area (Å²) in [7, 11) is 1.66. The van der Waals surface area contributed by atoms with Gasteiger partial charge in [0.15, 0.2) is 5.16 Å². The first kappa shape index (κ1) is 18.7. The highest BCUT2D eigenvalue weighted by molar-refractivity contribution is 7.99. The number of hydrogen-bond donors (Lipinski definition) is 0. The number of aromatic nitrogens is 6. The number of aryl methyl sites for hydroxylation is 3. The lowest BCUT2D eigenvalue weighted by atomic mass is 10.2.